The smallest absolute Gasteiger partial charge is 0.0755 e. The zero-order chi connectivity index (χ0) is 11.0. The van der Waals surface area contributed by atoms with Crippen LogP contribution in [0.3, 0.4) is 0 Å². The molecule has 0 atom stereocenters. The Hall–Kier alpha value is -1.89. The molecule has 0 saturated carbocycles. The fraction of sp³-hybridized carbons (Fsp3) is 0. The van der Waals surface area contributed by atoms with Crippen LogP contribution in [-0.4, -0.2) is 4.79 Å². The zero-order valence-electron chi connectivity index (χ0n) is 8.39. The van der Waals surface area contributed by atoms with Crippen molar-refractivity contribution in [2.45, 2.75) is 0 Å². The van der Waals surface area contributed by atoms with Gasteiger partial charge in [0, 0.05) is 0 Å². The van der Waals surface area contributed by atoms with Crippen molar-refractivity contribution < 1.29 is 4.79 Å². The van der Waals surface area contributed by atoms with Gasteiger partial charge in [0.15, 0.2) is 0 Å². The Morgan fingerprint density at radius 3 is 2.62 bits per heavy atom. The summed E-state index contributed by atoms with van der Waals surface area (Å²) < 4.78 is 0. The Kier molecular flexibility index (Phi) is 2.10. The van der Waals surface area contributed by atoms with Crippen LogP contribution in [0.1, 0.15) is 0 Å². The Labute approximate surface area is 97.3 Å². The van der Waals surface area contributed by atoms with Crippen molar-refractivity contribution in [3.05, 3.63) is 58.1 Å². The molecular formula is C13H8ClN2+. The van der Waals surface area contributed by atoms with E-state index in [1.54, 1.807) is 6.20 Å². The van der Waals surface area contributed by atoms with Gasteiger partial charge in [0.2, 0.25) is 0 Å². The van der Waals surface area contributed by atoms with E-state index in [2.05, 4.69) is 28.1 Å². The van der Waals surface area contributed by atoms with Crippen molar-refractivity contribution in [3.63, 3.8) is 0 Å². The minimum absolute atomic E-state index is 0.647. The summed E-state index contributed by atoms with van der Waals surface area (Å²) in [4.78, 5) is 3.97. The molecule has 76 valence electrons. The Morgan fingerprint density at radius 1 is 1.00 bits per heavy atom. The van der Waals surface area contributed by atoms with Gasteiger partial charge in [0.25, 0.3) is 0 Å². The highest BCUT2D eigenvalue weighted by atomic mass is 35.5. The summed E-state index contributed by atoms with van der Waals surface area (Å²) in [6, 6.07) is 14.1. The third kappa shape index (κ3) is 1.45. The first-order chi connectivity index (χ1) is 7.84. The van der Waals surface area contributed by atoms with Crippen molar-refractivity contribution in [3.8, 4) is 11.1 Å². The van der Waals surface area contributed by atoms with Crippen LogP contribution >= 0.6 is 11.6 Å². The molecule has 0 N–H and O–H groups in total. The highest BCUT2D eigenvalue weighted by Gasteiger charge is 2.12. The van der Waals surface area contributed by atoms with Gasteiger partial charge < -0.3 is 0 Å². The van der Waals surface area contributed by atoms with Crippen LogP contribution in [0.25, 0.3) is 17.3 Å². The van der Waals surface area contributed by atoms with Gasteiger partial charge in [-0.05, 0) is 23.3 Å². The van der Waals surface area contributed by atoms with Crippen LogP contribution in [0.4, 0.5) is 0 Å². The summed E-state index contributed by atoms with van der Waals surface area (Å²) in [6.07, 6.45) is 1.73. The maximum absolute atomic E-state index is 6.15. The van der Waals surface area contributed by atoms with E-state index in [-0.39, 0.29) is 0 Å². The monoisotopic (exact) mass is 227 g/mol. The largest absolute Gasteiger partial charge is 0.392 e. The molecule has 3 rings (SSSR count). The molecule has 16 heavy (non-hydrogen) atoms. The zero-order valence-corrected chi connectivity index (χ0v) is 9.15. The minimum atomic E-state index is 0.647. The van der Waals surface area contributed by atoms with E-state index in [0.29, 0.717) is 5.02 Å². The van der Waals surface area contributed by atoms with Crippen LogP contribution in [0.5, 0.6) is 0 Å². The molecule has 0 spiro atoms. The fourth-order valence-corrected chi connectivity index (χ4v) is 2.03. The second kappa shape index (κ2) is 3.60. The van der Waals surface area contributed by atoms with Gasteiger partial charge in [-0.15, -0.1) is 0 Å². The molecule has 0 unspecified atom stereocenters. The van der Waals surface area contributed by atoms with Crippen LogP contribution < -0.4 is 10.6 Å². The number of hydrogen-bond donors (Lipinski definition) is 0. The van der Waals surface area contributed by atoms with Crippen molar-refractivity contribution >= 4 is 17.8 Å². The van der Waals surface area contributed by atoms with Gasteiger partial charge in [0.1, 0.15) is 16.3 Å². The molecule has 0 amide bonds. The maximum Gasteiger partial charge on any atom is 0.392 e. The van der Waals surface area contributed by atoms with Gasteiger partial charge in [-0.25, -0.2) is 0 Å². The number of nitrogens with zero attached hydrogens (tertiary/aromatic N) is 2. The molecule has 0 fully saturated rings. The summed E-state index contributed by atoms with van der Waals surface area (Å²) >= 11 is 6.15. The van der Waals surface area contributed by atoms with Gasteiger partial charge in [-0.3, -0.25) is 0 Å². The quantitative estimate of drug-likeness (QED) is 0.667. The molecule has 1 aliphatic heterocycles. The third-order valence-electron chi connectivity index (χ3n) is 2.55. The molecule has 1 aliphatic rings. The highest BCUT2D eigenvalue weighted by Crippen LogP contribution is 2.18. The summed E-state index contributed by atoms with van der Waals surface area (Å²) in [5.74, 6) is 0. The van der Waals surface area contributed by atoms with Crippen molar-refractivity contribution in [1.82, 2.24) is 0 Å². The molecule has 0 aromatic heterocycles. The molecular weight excluding hydrogens is 220 g/mol. The van der Waals surface area contributed by atoms with Crippen LogP contribution in [0, 0.1) is 0 Å². The molecule has 2 aromatic carbocycles. The first-order valence-electron chi connectivity index (χ1n) is 4.97. The lowest BCUT2D eigenvalue weighted by atomic mass is 10.1. The molecule has 2 aromatic rings. The lowest BCUT2D eigenvalue weighted by molar-refractivity contribution is -0.125. The molecule has 0 aliphatic carbocycles. The molecule has 0 bridgehead atoms. The Morgan fingerprint density at radius 2 is 1.81 bits per heavy atom. The first-order valence-corrected chi connectivity index (χ1v) is 5.35. The van der Waals surface area contributed by atoms with E-state index in [0.717, 1.165) is 21.7 Å². The molecule has 0 saturated heterocycles. The summed E-state index contributed by atoms with van der Waals surface area (Å²) in [6.45, 7) is 0. The van der Waals surface area contributed by atoms with Crippen LogP contribution in [0.15, 0.2) is 47.6 Å². The Balaban J connectivity index is 2.28. The standard InChI is InChI=1S/C13H8ClN2/c14-12-7-10(9-4-2-1-3-5-9)6-11-8-15-16-13(11)12/h1-8H/q+1. The van der Waals surface area contributed by atoms with E-state index in [1.165, 1.54) is 0 Å². The maximum atomic E-state index is 6.15. The molecule has 1 heterocycles. The van der Waals surface area contributed by atoms with Crippen molar-refractivity contribution in [1.29, 1.82) is 0 Å². The topological polar surface area (TPSA) is 26.5 Å². The lowest BCUT2D eigenvalue weighted by Crippen LogP contribution is -2.24. The predicted octanol–water partition coefficient (Wildman–Crippen LogP) is 2.04. The second-order valence-electron chi connectivity index (χ2n) is 3.61. The lowest BCUT2D eigenvalue weighted by Gasteiger charge is -1.99. The summed E-state index contributed by atoms with van der Waals surface area (Å²) in [5.41, 5.74) is 2.24. The molecule has 3 heteroatoms. The minimum Gasteiger partial charge on any atom is -0.0755 e. The average molecular weight is 228 g/mol. The number of halogens is 1. The number of hydrogen-bond acceptors (Lipinski definition) is 1. The van der Waals surface area contributed by atoms with Crippen molar-refractivity contribution in [2.24, 2.45) is 5.11 Å². The van der Waals surface area contributed by atoms with E-state index >= 15 is 0 Å². The van der Waals surface area contributed by atoms with Crippen LogP contribution in [-0.2, 0) is 0 Å². The van der Waals surface area contributed by atoms with E-state index < -0.39 is 0 Å². The van der Waals surface area contributed by atoms with E-state index in [9.17, 15) is 0 Å². The van der Waals surface area contributed by atoms with Gasteiger partial charge in [-0.2, -0.15) is 0 Å². The third-order valence-corrected chi connectivity index (χ3v) is 2.84. The predicted molar refractivity (Wildman–Crippen MR) is 62.4 cm³/mol. The van der Waals surface area contributed by atoms with Crippen molar-refractivity contribution in [2.75, 3.05) is 0 Å². The fourth-order valence-electron chi connectivity index (χ4n) is 1.77. The summed E-state index contributed by atoms with van der Waals surface area (Å²) in [7, 11) is 0. The SMILES string of the molecule is Clc1cc(-c2ccccc2)cc2c1=[N+]=NC=2. The normalized spacial score (nSPS) is 11.8. The average Bonchev–Trinajstić information content (AvgIpc) is 2.79. The summed E-state index contributed by atoms with van der Waals surface area (Å²) in [5, 5.41) is 6.25. The number of rotatable bonds is 1. The second-order valence-corrected chi connectivity index (χ2v) is 4.01. The van der Waals surface area contributed by atoms with E-state index in [4.69, 9.17) is 11.6 Å². The van der Waals surface area contributed by atoms with Crippen LogP contribution in [0.2, 0.25) is 5.02 Å². The number of fused-ring (bicyclic) bond motifs is 1. The molecule has 2 nitrogen and oxygen atoms in total. The Bertz CT molecular complexity index is 699. The van der Waals surface area contributed by atoms with Gasteiger partial charge >= 0.3 is 5.36 Å². The highest BCUT2D eigenvalue weighted by molar-refractivity contribution is 6.30. The van der Waals surface area contributed by atoms with Gasteiger partial charge in [0.05, 0.1) is 10.0 Å². The number of benzene rings is 2. The van der Waals surface area contributed by atoms with Gasteiger partial charge in [-0.1, -0.05) is 41.9 Å². The van der Waals surface area contributed by atoms with E-state index in [1.807, 2.05) is 24.3 Å². The molecule has 0 radical (unpaired) electrons. The first kappa shape index (κ1) is 9.34.